The molecule has 0 atom stereocenters. The Hall–Kier alpha value is -1.40. The highest BCUT2D eigenvalue weighted by molar-refractivity contribution is 5.91. The van der Waals surface area contributed by atoms with Crippen molar-refractivity contribution in [2.75, 3.05) is 53.4 Å². The van der Waals surface area contributed by atoms with Crippen molar-refractivity contribution < 1.29 is 9.32 Å². The van der Waals surface area contributed by atoms with Crippen LogP contribution >= 0.6 is 0 Å². The van der Waals surface area contributed by atoms with E-state index in [1.54, 1.807) is 11.0 Å². The molecule has 0 bridgehead atoms. The number of hydrogen-bond donors (Lipinski definition) is 0. The van der Waals surface area contributed by atoms with Gasteiger partial charge in [-0.3, -0.25) is 4.79 Å². The number of aryl methyl sites for hydroxylation is 1. The summed E-state index contributed by atoms with van der Waals surface area (Å²) in [6, 6.07) is 1.74. The fourth-order valence-electron chi connectivity index (χ4n) is 2.47. The zero-order chi connectivity index (χ0) is 15.2. The third-order valence-corrected chi connectivity index (χ3v) is 4.04. The van der Waals surface area contributed by atoms with Crippen molar-refractivity contribution in [1.29, 1.82) is 0 Å². The van der Waals surface area contributed by atoms with Crippen molar-refractivity contribution in [3.8, 4) is 0 Å². The molecule has 2 rings (SSSR count). The van der Waals surface area contributed by atoms with E-state index in [4.69, 9.17) is 4.52 Å². The minimum absolute atomic E-state index is 0.0828. The third-order valence-electron chi connectivity index (χ3n) is 4.04. The summed E-state index contributed by atoms with van der Waals surface area (Å²) in [5, 5.41) is 3.86. The maximum Gasteiger partial charge on any atom is 0.292 e. The zero-order valence-electron chi connectivity index (χ0n) is 13.3. The van der Waals surface area contributed by atoms with Crippen LogP contribution < -0.4 is 0 Å². The molecular weight excluding hydrogens is 268 g/mol. The molecule has 2 heterocycles. The fraction of sp³-hybridized carbons (Fsp3) is 0.733. The van der Waals surface area contributed by atoms with Gasteiger partial charge in [-0.15, -0.1) is 0 Å². The average molecular weight is 294 g/mol. The van der Waals surface area contributed by atoms with Crippen LogP contribution in [0.3, 0.4) is 0 Å². The number of amides is 1. The fourth-order valence-corrected chi connectivity index (χ4v) is 2.47. The second kappa shape index (κ2) is 7.56. The molecule has 21 heavy (non-hydrogen) atoms. The van der Waals surface area contributed by atoms with Gasteiger partial charge in [0.25, 0.3) is 5.91 Å². The monoisotopic (exact) mass is 294 g/mol. The van der Waals surface area contributed by atoms with Crippen LogP contribution in [0.15, 0.2) is 10.6 Å². The molecular formula is C15H26N4O2. The Morgan fingerprint density at radius 2 is 2.10 bits per heavy atom. The van der Waals surface area contributed by atoms with Crippen molar-refractivity contribution in [3.05, 3.63) is 17.5 Å². The van der Waals surface area contributed by atoms with Crippen molar-refractivity contribution in [2.24, 2.45) is 0 Å². The second-order valence-corrected chi connectivity index (χ2v) is 5.76. The van der Waals surface area contributed by atoms with E-state index in [0.29, 0.717) is 5.76 Å². The molecule has 118 valence electrons. The van der Waals surface area contributed by atoms with Crippen molar-refractivity contribution in [3.63, 3.8) is 0 Å². The summed E-state index contributed by atoms with van der Waals surface area (Å²) in [6.45, 7) is 8.28. The molecule has 1 aliphatic heterocycles. The smallest absolute Gasteiger partial charge is 0.292 e. The molecule has 6 heteroatoms. The van der Waals surface area contributed by atoms with Gasteiger partial charge in [-0.25, -0.2) is 0 Å². The Labute approximate surface area is 126 Å². The van der Waals surface area contributed by atoms with E-state index >= 15 is 0 Å². The summed E-state index contributed by atoms with van der Waals surface area (Å²) in [6.07, 6.45) is 1.77. The molecule has 6 nitrogen and oxygen atoms in total. The number of rotatable bonds is 6. The SMILES string of the molecule is CCc1cc(C(=O)N(C)CCCN2CCN(C)CC2)on1. The van der Waals surface area contributed by atoms with Crippen LogP contribution in [0, 0.1) is 0 Å². The predicted octanol–water partition coefficient (Wildman–Crippen LogP) is 0.947. The topological polar surface area (TPSA) is 52.8 Å². The van der Waals surface area contributed by atoms with Crippen LogP contribution in [0.1, 0.15) is 29.6 Å². The summed E-state index contributed by atoms with van der Waals surface area (Å²) >= 11 is 0. The lowest BCUT2D eigenvalue weighted by Crippen LogP contribution is -2.45. The highest BCUT2D eigenvalue weighted by atomic mass is 16.5. The van der Waals surface area contributed by atoms with Gasteiger partial charge in [0.15, 0.2) is 0 Å². The molecule has 1 aromatic rings. The summed E-state index contributed by atoms with van der Waals surface area (Å²) in [4.78, 5) is 18.7. The zero-order valence-corrected chi connectivity index (χ0v) is 13.3. The van der Waals surface area contributed by atoms with Crippen LogP contribution in [0.2, 0.25) is 0 Å². The predicted molar refractivity (Wildman–Crippen MR) is 81.4 cm³/mol. The lowest BCUT2D eigenvalue weighted by atomic mass is 10.2. The number of carbonyl (C=O) groups excluding carboxylic acids is 1. The Morgan fingerprint density at radius 1 is 1.38 bits per heavy atom. The summed E-state index contributed by atoms with van der Waals surface area (Å²) in [5.41, 5.74) is 0.823. The lowest BCUT2D eigenvalue weighted by Gasteiger charge is -2.32. The highest BCUT2D eigenvalue weighted by Gasteiger charge is 2.18. The third kappa shape index (κ3) is 4.54. The van der Waals surface area contributed by atoms with E-state index in [9.17, 15) is 4.79 Å². The molecule has 0 aromatic carbocycles. The van der Waals surface area contributed by atoms with Gasteiger partial charge in [0.1, 0.15) is 0 Å². The number of nitrogens with zero attached hydrogens (tertiary/aromatic N) is 4. The average Bonchev–Trinajstić information content (AvgIpc) is 2.97. The van der Waals surface area contributed by atoms with E-state index in [2.05, 4.69) is 22.0 Å². The largest absolute Gasteiger partial charge is 0.351 e. The van der Waals surface area contributed by atoms with E-state index in [-0.39, 0.29) is 5.91 Å². The Kier molecular flexibility index (Phi) is 5.76. The number of likely N-dealkylation sites (N-methyl/N-ethyl adjacent to an activating group) is 1. The number of carbonyl (C=O) groups is 1. The number of hydrogen-bond acceptors (Lipinski definition) is 5. The normalized spacial score (nSPS) is 17.1. The van der Waals surface area contributed by atoms with Gasteiger partial charge in [0.2, 0.25) is 5.76 Å². The quantitative estimate of drug-likeness (QED) is 0.782. The Bertz CT molecular complexity index is 452. The molecule has 0 aliphatic carbocycles. The highest BCUT2D eigenvalue weighted by Crippen LogP contribution is 2.08. The molecule has 1 saturated heterocycles. The van der Waals surface area contributed by atoms with Crippen LogP contribution in [-0.4, -0.2) is 79.1 Å². The molecule has 1 fully saturated rings. The van der Waals surface area contributed by atoms with E-state index in [0.717, 1.165) is 57.8 Å². The maximum absolute atomic E-state index is 12.2. The summed E-state index contributed by atoms with van der Waals surface area (Å²) < 4.78 is 5.09. The molecule has 1 amide bonds. The lowest BCUT2D eigenvalue weighted by molar-refractivity contribution is 0.0742. The van der Waals surface area contributed by atoms with E-state index in [1.807, 2.05) is 14.0 Å². The van der Waals surface area contributed by atoms with Gasteiger partial charge in [-0.2, -0.15) is 0 Å². The standard InChI is InChI=1S/C15H26N4O2/c1-4-13-12-14(21-16-13)15(20)18(3)6-5-7-19-10-8-17(2)9-11-19/h12H,4-11H2,1-3H3. The molecule has 0 radical (unpaired) electrons. The Balaban J connectivity index is 1.71. The van der Waals surface area contributed by atoms with Crippen molar-refractivity contribution in [1.82, 2.24) is 19.9 Å². The minimum atomic E-state index is -0.0828. The molecule has 1 aromatic heterocycles. The van der Waals surface area contributed by atoms with E-state index < -0.39 is 0 Å². The molecule has 0 N–H and O–H groups in total. The van der Waals surface area contributed by atoms with Crippen LogP contribution in [-0.2, 0) is 6.42 Å². The summed E-state index contributed by atoms with van der Waals surface area (Å²) in [7, 11) is 3.98. The van der Waals surface area contributed by atoms with Crippen molar-refractivity contribution in [2.45, 2.75) is 19.8 Å². The maximum atomic E-state index is 12.2. The van der Waals surface area contributed by atoms with E-state index in [1.165, 1.54) is 0 Å². The van der Waals surface area contributed by atoms with Gasteiger partial charge in [0, 0.05) is 45.8 Å². The first kappa shape index (κ1) is 16.0. The van der Waals surface area contributed by atoms with Gasteiger partial charge >= 0.3 is 0 Å². The van der Waals surface area contributed by atoms with Crippen molar-refractivity contribution >= 4 is 5.91 Å². The van der Waals surface area contributed by atoms with Crippen LogP contribution in [0.25, 0.3) is 0 Å². The molecule has 0 unspecified atom stereocenters. The first-order chi connectivity index (χ1) is 10.1. The second-order valence-electron chi connectivity index (χ2n) is 5.76. The summed E-state index contributed by atoms with van der Waals surface area (Å²) in [5.74, 6) is 0.259. The molecule has 0 spiro atoms. The molecule has 1 aliphatic rings. The first-order valence-corrected chi connectivity index (χ1v) is 7.72. The first-order valence-electron chi connectivity index (χ1n) is 7.72. The number of aromatic nitrogens is 1. The van der Waals surface area contributed by atoms with Gasteiger partial charge in [0.05, 0.1) is 5.69 Å². The number of piperazine rings is 1. The minimum Gasteiger partial charge on any atom is -0.351 e. The van der Waals surface area contributed by atoms with Gasteiger partial charge in [-0.05, 0) is 26.4 Å². The van der Waals surface area contributed by atoms with Crippen LogP contribution in [0.5, 0.6) is 0 Å². The Morgan fingerprint density at radius 3 is 2.71 bits per heavy atom. The van der Waals surface area contributed by atoms with Gasteiger partial charge in [-0.1, -0.05) is 12.1 Å². The van der Waals surface area contributed by atoms with Gasteiger partial charge < -0.3 is 19.2 Å². The van der Waals surface area contributed by atoms with Crippen LogP contribution in [0.4, 0.5) is 0 Å². The molecule has 0 saturated carbocycles.